The minimum atomic E-state index is 0.508. The Labute approximate surface area is 122 Å². The first-order valence-electron chi connectivity index (χ1n) is 7.84. The van der Waals surface area contributed by atoms with Crippen molar-refractivity contribution in [2.45, 2.75) is 65.8 Å². The molecule has 1 aliphatic carbocycles. The lowest BCUT2D eigenvalue weighted by atomic mass is 9.75. The summed E-state index contributed by atoms with van der Waals surface area (Å²) in [6.45, 7) is 9.82. The number of aryl methyl sites for hydroxylation is 1. The number of anilines is 2. The summed E-state index contributed by atoms with van der Waals surface area (Å²) in [5, 5.41) is 6.85. The van der Waals surface area contributed by atoms with Crippen LogP contribution in [-0.4, -0.2) is 22.6 Å². The van der Waals surface area contributed by atoms with E-state index in [2.05, 4.69) is 41.4 Å². The van der Waals surface area contributed by atoms with E-state index >= 15 is 0 Å². The minimum absolute atomic E-state index is 0.508. The third kappa shape index (κ3) is 4.36. The monoisotopic (exact) mass is 276 g/mol. The summed E-state index contributed by atoms with van der Waals surface area (Å²) >= 11 is 0. The van der Waals surface area contributed by atoms with Crippen LogP contribution in [0.2, 0.25) is 0 Å². The van der Waals surface area contributed by atoms with E-state index in [1.807, 2.05) is 13.0 Å². The molecule has 20 heavy (non-hydrogen) atoms. The molecule has 0 unspecified atom stereocenters. The minimum Gasteiger partial charge on any atom is -0.367 e. The van der Waals surface area contributed by atoms with E-state index in [-0.39, 0.29) is 0 Å². The lowest BCUT2D eigenvalue weighted by molar-refractivity contribution is 0.232. The Morgan fingerprint density at radius 1 is 1.25 bits per heavy atom. The predicted molar refractivity (Wildman–Crippen MR) is 85.2 cm³/mol. The van der Waals surface area contributed by atoms with Gasteiger partial charge in [-0.2, -0.15) is 4.98 Å². The Balaban J connectivity index is 1.97. The van der Waals surface area contributed by atoms with Crippen molar-refractivity contribution in [3.63, 3.8) is 0 Å². The maximum Gasteiger partial charge on any atom is 0.224 e. The predicted octanol–water partition coefficient (Wildman–Crippen LogP) is 3.99. The zero-order chi connectivity index (χ0) is 14.6. The molecule has 0 amide bonds. The first kappa shape index (κ1) is 15.1. The van der Waals surface area contributed by atoms with Gasteiger partial charge in [0.2, 0.25) is 5.95 Å². The summed E-state index contributed by atoms with van der Waals surface area (Å²) in [5.74, 6) is 1.70. The zero-order valence-corrected chi connectivity index (χ0v) is 13.3. The Morgan fingerprint density at radius 2 is 1.95 bits per heavy atom. The Kier molecular flexibility index (Phi) is 4.84. The van der Waals surface area contributed by atoms with Crippen LogP contribution in [0.4, 0.5) is 11.8 Å². The number of aromatic nitrogens is 2. The summed E-state index contributed by atoms with van der Waals surface area (Å²) in [5.41, 5.74) is 1.52. The van der Waals surface area contributed by atoms with Crippen molar-refractivity contribution in [2.24, 2.45) is 5.41 Å². The van der Waals surface area contributed by atoms with Crippen LogP contribution >= 0.6 is 0 Å². The van der Waals surface area contributed by atoms with Crippen molar-refractivity contribution in [3.05, 3.63) is 11.8 Å². The molecule has 1 aromatic heterocycles. The Bertz CT molecular complexity index is 432. The number of nitrogens with one attached hydrogen (secondary N) is 2. The van der Waals surface area contributed by atoms with Gasteiger partial charge in [0.1, 0.15) is 5.82 Å². The van der Waals surface area contributed by atoms with Crippen LogP contribution < -0.4 is 10.6 Å². The number of hydrogen-bond donors (Lipinski definition) is 2. The van der Waals surface area contributed by atoms with Crippen LogP contribution in [0.25, 0.3) is 0 Å². The fraction of sp³-hybridized carbons (Fsp3) is 0.750. The molecule has 1 aliphatic rings. The third-order valence-corrected chi connectivity index (χ3v) is 4.08. The van der Waals surface area contributed by atoms with Gasteiger partial charge in [-0.1, -0.05) is 20.8 Å². The van der Waals surface area contributed by atoms with E-state index in [0.29, 0.717) is 11.5 Å². The molecular weight excluding hydrogens is 248 g/mol. The quantitative estimate of drug-likeness (QED) is 0.854. The van der Waals surface area contributed by atoms with E-state index in [1.165, 1.54) is 25.7 Å². The number of rotatable bonds is 5. The van der Waals surface area contributed by atoms with Crippen molar-refractivity contribution < 1.29 is 0 Å². The first-order chi connectivity index (χ1) is 9.48. The maximum atomic E-state index is 4.57. The fourth-order valence-electron chi connectivity index (χ4n) is 2.71. The maximum absolute atomic E-state index is 4.57. The second kappa shape index (κ2) is 6.42. The van der Waals surface area contributed by atoms with Gasteiger partial charge in [-0.3, -0.25) is 0 Å². The summed E-state index contributed by atoms with van der Waals surface area (Å²) in [7, 11) is 0. The van der Waals surface area contributed by atoms with Crippen molar-refractivity contribution >= 4 is 11.8 Å². The highest BCUT2D eigenvalue weighted by molar-refractivity contribution is 5.43. The van der Waals surface area contributed by atoms with Crippen LogP contribution in [0.15, 0.2) is 6.07 Å². The highest BCUT2D eigenvalue weighted by Crippen LogP contribution is 2.35. The molecule has 0 aromatic carbocycles. The first-order valence-corrected chi connectivity index (χ1v) is 7.84. The SMILES string of the molecule is CCCNc1nc(C)cc(NC2CCC(C)(C)CC2)n1. The van der Waals surface area contributed by atoms with Gasteiger partial charge in [-0.05, 0) is 44.4 Å². The van der Waals surface area contributed by atoms with Gasteiger partial charge in [0.15, 0.2) is 0 Å². The average Bonchev–Trinajstić information content (AvgIpc) is 2.38. The molecule has 0 saturated heterocycles. The van der Waals surface area contributed by atoms with Crippen LogP contribution in [0.1, 0.15) is 58.6 Å². The van der Waals surface area contributed by atoms with Crippen LogP contribution in [0, 0.1) is 12.3 Å². The molecule has 1 fully saturated rings. The van der Waals surface area contributed by atoms with Crippen molar-refractivity contribution in [1.29, 1.82) is 0 Å². The van der Waals surface area contributed by atoms with Gasteiger partial charge in [0.05, 0.1) is 0 Å². The van der Waals surface area contributed by atoms with Gasteiger partial charge in [-0.25, -0.2) is 4.98 Å². The van der Waals surface area contributed by atoms with E-state index in [0.717, 1.165) is 30.4 Å². The van der Waals surface area contributed by atoms with Crippen LogP contribution in [-0.2, 0) is 0 Å². The summed E-state index contributed by atoms with van der Waals surface area (Å²) < 4.78 is 0. The van der Waals surface area contributed by atoms with Crippen molar-refractivity contribution in [3.8, 4) is 0 Å². The molecule has 1 aromatic rings. The highest BCUT2D eigenvalue weighted by atomic mass is 15.1. The molecular formula is C16H28N4. The summed E-state index contributed by atoms with van der Waals surface area (Å²) in [4.78, 5) is 8.99. The van der Waals surface area contributed by atoms with E-state index < -0.39 is 0 Å². The van der Waals surface area contributed by atoms with Crippen LogP contribution in [0.5, 0.6) is 0 Å². The lowest BCUT2D eigenvalue weighted by Gasteiger charge is -2.34. The molecule has 4 nitrogen and oxygen atoms in total. The molecule has 4 heteroatoms. The highest BCUT2D eigenvalue weighted by Gasteiger charge is 2.26. The molecule has 112 valence electrons. The fourth-order valence-corrected chi connectivity index (χ4v) is 2.71. The molecule has 0 aliphatic heterocycles. The van der Waals surface area contributed by atoms with Crippen LogP contribution in [0.3, 0.4) is 0 Å². The standard InChI is InChI=1S/C16H28N4/c1-5-10-17-15-18-12(2)11-14(20-15)19-13-6-8-16(3,4)9-7-13/h11,13H,5-10H2,1-4H3,(H2,17,18,19,20). The Hall–Kier alpha value is -1.32. The van der Waals surface area contributed by atoms with Gasteiger partial charge < -0.3 is 10.6 Å². The Morgan fingerprint density at radius 3 is 2.60 bits per heavy atom. The van der Waals surface area contributed by atoms with Gasteiger partial charge in [-0.15, -0.1) is 0 Å². The van der Waals surface area contributed by atoms with E-state index in [9.17, 15) is 0 Å². The number of nitrogens with zero attached hydrogens (tertiary/aromatic N) is 2. The van der Waals surface area contributed by atoms with Gasteiger partial charge >= 0.3 is 0 Å². The molecule has 0 spiro atoms. The second-order valence-corrected chi connectivity index (χ2v) is 6.73. The normalized spacial score (nSPS) is 18.8. The number of hydrogen-bond acceptors (Lipinski definition) is 4. The topological polar surface area (TPSA) is 49.8 Å². The molecule has 2 N–H and O–H groups in total. The summed E-state index contributed by atoms with van der Waals surface area (Å²) in [6.07, 6.45) is 6.12. The van der Waals surface area contributed by atoms with Gasteiger partial charge in [0.25, 0.3) is 0 Å². The zero-order valence-electron chi connectivity index (χ0n) is 13.3. The molecule has 1 saturated carbocycles. The second-order valence-electron chi connectivity index (χ2n) is 6.73. The largest absolute Gasteiger partial charge is 0.367 e. The molecule has 0 radical (unpaired) electrons. The molecule has 2 rings (SSSR count). The third-order valence-electron chi connectivity index (χ3n) is 4.08. The smallest absolute Gasteiger partial charge is 0.224 e. The molecule has 0 bridgehead atoms. The molecule has 0 atom stereocenters. The average molecular weight is 276 g/mol. The molecule has 1 heterocycles. The van der Waals surface area contributed by atoms with E-state index in [1.54, 1.807) is 0 Å². The van der Waals surface area contributed by atoms with Gasteiger partial charge in [0, 0.05) is 24.3 Å². The van der Waals surface area contributed by atoms with Crippen molar-refractivity contribution in [2.75, 3.05) is 17.2 Å². The lowest BCUT2D eigenvalue weighted by Crippen LogP contribution is -2.30. The summed E-state index contributed by atoms with van der Waals surface area (Å²) in [6, 6.07) is 2.59. The van der Waals surface area contributed by atoms with E-state index in [4.69, 9.17) is 0 Å². The van der Waals surface area contributed by atoms with Crippen molar-refractivity contribution in [1.82, 2.24) is 9.97 Å².